The first-order chi connectivity index (χ1) is 10.6. The lowest BCUT2D eigenvalue weighted by atomic mass is 10.0. The van der Waals surface area contributed by atoms with E-state index in [1.807, 2.05) is 24.3 Å². The Hall–Kier alpha value is -1.51. The van der Waals surface area contributed by atoms with Gasteiger partial charge in [0.05, 0.1) is 7.11 Å². The molecule has 0 fully saturated rings. The molecule has 3 heteroatoms. The Morgan fingerprint density at radius 3 is 2.68 bits per heavy atom. The summed E-state index contributed by atoms with van der Waals surface area (Å²) in [6.45, 7) is 5.10. The van der Waals surface area contributed by atoms with Gasteiger partial charge in [-0.1, -0.05) is 41.9 Å². The lowest BCUT2D eigenvalue weighted by molar-refractivity contribution is 0.405. The summed E-state index contributed by atoms with van der Waals surface area (Å²) in [7, 11) is 1.71. The van der Waals surface area contributed by atoms with E-state index in [-0.39, 0.29) is 0 Å². The predicted molar refractivity (Wildman–Crippen MR) is 93.8 cm³/mol. The fourth-order valence-electron chi connectivity index (χ4n) is 2.48. The number of aryl methyl sites for hydroxylation is 2. The summed E-state index contributed by atoms with van der Waals surface area (Å²) in [5.41, 5.74) is 3.68. The topological polar surface area (TPSA) is 21.3 Å². The first-order valence-electron chi connectivity index (χ1n) is 7.70. The van der Waals surface area contributed by atoms with Crippen molar-refractivity contribution in [1.82, 2.24) is 5.32 Å². The quantitative estimate of drug-likeness (QED) is 0.794. The maximum Gasteiger partial charge on any atom is 0.123 e. The molecule has 0 saturated heterocycles. The third-order valence-corrected chi connectivity index (χ3v) is 4.35. The second-order valence-electron chi connectivity index (χ2n) is 5.72. The Bertz CT molecular complexity index is 612. The number of methoxy groups -OCH3 is 1. The van der Waals surface area contributed by atoms with E-state index in [2.05, 4.69) is 37.4 Å². The van der Waals surface area contributed by atoms with Crippen LogP contribution >= 0.6 is 11.6 Å². The molecule has 2 aromatic carbocycles. The highest BCUT2D eigenvalue weighted by Crippen LogP contribution is 2.19. The van der Waals surface area contributed by atoms with Crippen LogP contribution in [0.25, 0.3) is 0 Å². The van der Waals surface area contributed by atoms with Crippen molar-refractivity contribution in [2.45, 2.75) is 39.3 Å². The van der Waals surface area contributed by atoms with Crippen molar-refractivity contribution < 1.29 is 4.74 Å². The molecule has 0 aliphatic heterocycles. The van der Waals surface area contributed by atoms with E-state index in [0.717, 1.165) is 35.7 Å². The molecule has 2 nitrogen and oxygen atoms in total. The zero-order valence-corrected chi connectivity index (χ0v) is 14.3. The van der Waals surface area contributed by atoms with E-state index < -0.39 is 0 Å². The Balaban J connectivity index is 1.82. The third kappa shape index (κ3) is 4.75. The molecule has 118 valence electrons. The molecule has 1 atom stereocenters. The maximum atomic E-state index is 6.07. The molecule has 22 heavy (non-hydrogen) atoms. The Morgan fingerprint density at radius 2 is 1.95 bits per heavy atom. The summed E-state index contributed by atoms with van der Waals surface area (Å²) in [5, 5.41) is 4.40. The largest absolute Gasteiger partial charge is 0.496 e. The van der Waals surface area contributed by atoms with Crippen LogP contribution in [0, 0.1) is 6.92 Å². The molecule has 0 amide bonds. The van der Waals surface area contributed by atoms with Gasteiger partial charge in [-0.05, 0) is 49.9 Å². The van der Waals surface area contributed by atoms with Gasteiger partial charge in [-0.2, -0.15) is 0 Å². The molecule has 1 unspecified atom stereocenters. The highest BCUT2D eigenvalue weighted by Gasteiger charge is 2.06. The van der Waals surface area contributed by atoms with Crippen molar-refractivity contribution in [3.63, 3.8) is 0 Å². The van der Waals surface area contributed by atoms with Crippen LogP contribution in [0.5, 0.6) is 5.75 Å². The van der Waals surface area contributed by atoms with E-state index >= 15 is 0 Å². The average molecular weight is 318 g/mol. The highest BCUT2D eigenvalue weighted by molar-refractivity contribution is 6.31. The van der Waals surface area contributed by atoms with Gasteiger partial charge in [0.1, 0.15) is 5.75 Å². The molecule has 0 aliphatic carbocycles. The second kappa shape index (κ2) is 8.21. The first-order valence-corrected chi connectivity index (χ1v) is 8.08. The van der Waals surface area contributed by atoms with Crippen molar-refractivity contribution in [2.24, 2.45) is 0 Å². The summed E-state index contributed by atoms with van der Waals surface area (Å²) in [4.78, 5) is 0. The molecule has 0 heterocycles. The standard InChI is InChI=1S/C19H24ClNO/c1-14-12-16(10-11-18(14)20)9-8-15(2)21-13-17-6-4-5-7-19(17)22-3/h4-7,10-12,15,21H,8-9,13H2,1-3H3. The number of halogens is 1. The van der Waals surface area contributed by atoms with E-state index in [1.165, 1.54) is 11.1 Å². The number of rotatable bonds is 7. The van der Waals surface area contributed by atoms with Gasteiger partial charge < -0.3 is 10.1 Å². The van der Waals surface area contributed by atoms with Crippen LogP contribution in [0.3, 0.4) is 0 Å². The number of hydrogen-bond acceptors (Lipinski definition) is 2. The van der Waals surface area contributed by atoms with Crippen molar-refractivity contribution in [3.8, 4) is 5.75 Å². The van der Waals surface area contributed by atoms with Gasteiger partial charge in [-0.3, -0.25) is 0 Å². The number of nitrogens with one attached hydrogen (secondary N) is 1. The Morgan fingerprint density at radius 1 is 1.18 bits per heavy atom. The van der Waals surface area contributed by atoms with E-state index in [1.54, 1.807) is 7.11 Å². The zero-order valence-electron chi connectivity index (χ0n) is 13.5. The molecule has 0 aromatic heterocycles. The lowest BCUT2D eigenvalue weighted by Crippen LogP contribution is -2.26. The van der Waals surface area contributed by atoms with Crippen LogP contribution in [-0.2, 0) is 13.0 Å². The minimum absolute atomic E-state index is 0.445. The maximum absolute atomic E-state index is 6.07. The van der Waals surface area contributed by atoms with Gasteiger partial charge in [0.2, 0.25) is 0 Å². The number of para-hydroxylation sites is 1. The lowest BCUT2D eigenvalue weighted by Gasteiger charge is -2.15. The smallest absolute Gasteiger partial charge is 0.123 e. The summed E-state index contributed by atoms with van der Waals surface area (Å²) in [6.07, 6.45) is 2.15. The van der Waals surface area contributed by atoms with Crippen LogP contribution in [0.4, 0.5) is 0 Å². The molecule has 0 spiro atoms. The summed E-state index contributed by atoms with van der Waals surface area (Å²) in [6, 6.07) is 14.9. The van der Waals surface area contributed by atoms with Crippen molar-refractivity contribution >= 4 is 11.6 Å². The fourth-order valence-corrected chi connectivity index (χ4v) is 2.60. The van der Waals surface area contributed by atoms with Gasteiger partial charge in [0, 0.05) is 23.2 Å². The van der Waals surface area contributed by atoms with Crippen LogP contribution in [0.1, 0.15) is 30.0 Å². The van der Waals surface area contributed by atoms with Crippen LogP contribution < -0.4 is 10.1 Å². The molecule has 0 radical (unpaired) electrons. The van der Waals surface area contributed by atoms with Gasteiger partial charge in [-0.25, -0.2) is 0 Å². The minimum Gasteiger partial charge on any atom is -0.496 e. The molecule has 2 aromatic rings. The van der Waals surface area contributed by atoms with Gasteiger partial charge in [0.15, 0.2) is 0 Å². The fraction of sp³-hybridized carbons (Fsp3) is 0.368. The number of benzene rings is 2. The van der Waals surface area contributed by atoms with Crippen molar-refractivity contribution in [1.29, 1.82) is 0 Å². The molecule has 0 bridgehead atoms. The highest BCUT2D eigenvalue weighted by atomic mass is 35.5. The first kappa shape index (κ1) is 16.9. The summed E-state index contributed by atoms with van der Waals surface area (Å²) in [5.74, 6) is 0.940. The molecule has 1 N–H and O–H groups in total. The van der Waals surface area contributed by atoms with Gasteiger partial charge in [0.25, 0.3) is 0 Å². The summed E-state index contributed by atoms with van der Waals surface area (Å²) < 4.78 is 5.38. The van der Waals surface area contributed by atoms with Crippen LogP contribution in [0.15, 0.2) is 42.5 Å². The van der Waals surface area contributed by atoms with Crippen LogP contribution in [0.2, 0.25) is 5.02 Å². The predicted octanol–water partition coefficient (Wildman–Crippen LogP) is 4.77. The third-order valence-electron chi connectivity index (χ3n) is 3.92. The SMILES string of the molecule is COc1ccccc1CNC(C)CCc1ccc(Cl)c(C)c1. The number of ether oxygens (including phenoxy) is 1. The van der Waals surface area contributed by atoms with E-state index in [9.17, 15) is 0 Å². The monoisotopic (exact) mass is 317 g/mol. The van der Waals surface area contributed by atoms with E-state index in [4.69, 9.17) is 16.3 Å². The molecular formula is C19H24ClNO. The second-order valence-corrected chi connectivity index (χ2v) is 6.12. The van der Waals surface area contributed by atoms with Crippen molar-refractivity contribution in [2.75, 3.05) is 7.11 Å². The molecule has 0 saturated carbocycles. The Labute approximate surface area is 138 Å². The summed E-state index contributed by atoms with van der Waals surface area (Å²) >= 11 is 6.07. The number of hydrogen-bond donors (Lipinski definition) is 1. The van der Waals surface area contributed by atoms with E-state index in [0.29, 0.717) is 6.04 Å². The molecule has 2 rings (SSSR count). The average Bonchev–Trinajstić information content (AvgIpc) is 2.54. The normalized spacial score (nSPS) is 12.2. The molecule has 0 aliphatic rings. The minimum atomic E-state index is 0.445. The van der Waals surface area contributed by atoms with Crippen LogP contribution in [-0.4, -0.2) is 13.2 Å². The Kier molecular flexibility index (Phi) is 6.29. The zero-order chi connectivity index (χ0) is 15.9. The van der Waals surface area contributed by atoms with Gasteiger partial charge in [-0.15, -0.1) is 0 Å². The van der Waals surface area contributed by atoms with Gasteiger partial charge >= 0.3 is 0 Å². The molecular weight excluding hydrogens is 294 g/mol. The van der Waals surface area contributed by atoms with Crippen molar-refractivity contribution in [3.05, 3.63) is 64.2 Å².